The van der Waals surface area contributed by atoms with Crippen molar-refractivity contribution in [3.05, 3.63) is 127 Å². The average molecular weight is 930 g/mol. The summed E-state index contributed by atoms with van der Waals surface area (Å²) in [6.45, 7) is -1.69. The van der Waals surface area contributed by atoms with Gasteiger partial charge in [0.2, 0.25) is 15.9 Å². The van der Waals surface area contributed by atoms with Crippen LogP contribution >= 0.6 is 11.6 Å². The van der Waals surface area contributed by atoms with Gasteiger partial charge in [-0.1, -0.05) is 11.6 Å². The number of aryl methyl sites for hydroxylation is 1. The average Bonchev–Trinajstić information content (AvgIpc) is 3.76. The highest BCUT2D eigenvalue weighted by Gasteiger charge is 2.67. The monoisotopic (exact) mass is 929 g/mol. The van der Waals surface area contributed by atoms with Crippen LogP contribution in [0, 0.1) is 23.4 Å². The predicted molar refractivity (Wildman–Crippen MR) is 217 cm³/mol. The number of nitrogens with one attached hydrogen (secondary N) is 2. The second-order valence-corrected chi connectivity index (χ2v) is 17.7. The number of pyridine rings is 1. The Labute approximate surface area is 361 Å². The Balaban J connectivity index is 1.26. The van der Waals surface area contributed by atoms with E-state index < -0.39 is 100 Å². The molecular weight excluding hydrogens is 899 g/mol. The number of amides is 1. The quantitative estimate of drug-likeness (QED) is 0.112. The van der Waals surface area contributed by atoms with Crippen LogP contribution in [0.2, 0.25) is 5.02 Å². The van der Waals surface area contributed by atoms with Gasteiger partial charge in [-0.3, -0.25) is 28.2 Å². The molecule has 4 aromatic heterocycles. The molecule has 7 aromatic rings. The van der Waals surface area contributed by atoms with E-state index in [1.807, 2.05) is 0 Å². The van der Waals surface area contributed by atoms with Crippen LogP contribution in [0.15, 0.2) is 65.5 Å². The van der Waals surface area contributed by atoms with Gasteiger partial charge in [-0.05, 0) is 72.5 Å². The third-order valence-corrected chi connectivity index (χ3v) is 12.1. The maximum atomic E-state index is 15.5. The molecule has 9 rings (SSSR count). The molecule has 2 aliphatic carbocycles. The van der Waals surface area contributed by atoms with E-state index in [-0.39, 0.29) is 73.1 Å². The van der Waals surface area contributed by atoms with Gasteiger partial charge < -0.3 is 10.4 Å². The lowest BCUT2D eigenvalue weighted by molar-refractivity contribution is -0.123. The maximum absolute atomic E-state index is 15.5. The molecule has 1 amide bonds. The minimum atomic E-state index is -3.95. The maximum Gasteiger partial charge on any atom is 0.293 e. The van der Waals surface area contributed by atoms with Gasteiger partial charge in [-0.15, -0.1) is 0 Å². The third kappa shape index (κ3) is 7.41. The summed E-state index contributed by atoms with van der Waals surface area (Å²) in [5.74, 6) is -10.2. The molecule has 1 saturated carbocycles. The van der Waals surface area contributed by atoms with E-state index in [4.69, 9.17) is 16.6 Å². The molecule has 1 fully saturated rings. The summed E-state index contributed by atoms with van der Waals surface area (Å²) in [5, 5.41) is 20.2. The number of alkyl halides is 4. The van der Waals surface area contributed by atoms with Crippen LogP contribution in [0.4, 0.5) is 36.6 Å². The summed E-state index contributed by atoms with van der Waals surface area (Å²) in [5.41, 5.74) is -2.92. The van der Waals surface area contributed by atoms with E-state index >= 15 is 8.78 Å². The number of hydrogen-bond acceptors (Lipinski definition) is 9. The van der Waals surface area contributed by atoms with E-state index in [9.17, 15) is 45.1 Å². The van der Waals surface area contributed by atoms with E-state index in [1.165, 1.54) is 48.1 Å². The summed E-state index contributed by atoms with van der Waals surface area (Å²) >= 11 is 6.61. The molecule has 3 N–H and O–H groups in total. The van der Waals surface area contributed by atoms with Crippen molar-refractivity contribution >= 4 is 55.3 Å². The number of halogens is 8. The lowest BCUT2D eigenvalue weighted by Gasteiger charge is -2.24. The zero-order valence-electron chi connectivity index (χ0n) is 33.1. The third-order valence-electron chi connectivity index (χ3n) is 11.2. The van der Waals surface area contributed by atoms with Crippen molar-refractivity contribution in [3.63, 3.8) is 0 Å². The summed E-state index contributed by atoms with van der Waals surface area (Å²) in [6.07, 6.45) is -2.94. The van der Waals surface area contributed by atoms with Gasteiger partial charge in [-0.2, -0.15) is 19.0 Å². The smallest absolute Gasteiger partial charge is 0.293 e. The first-order valence-corrected chi connectivity index (χ1v) is 21.5. The molecule has 2 aliphatic rings. The van der Waals surface area contributed by atoms with Gasteiger partial charge in [0.15, 0.2) is 11.5 Å². The van der Waals surface area contributed by atoms with Crippen LogP contribution in [-0.2, 0) is 47.4 Å². The number of hydrogen-bond donors (Lipinski definition) is 3. The zero-order valence-corrected chi connectivity index (χ0v) is 34.6. The number of carbonyl (C=O) groups excluding carboxylic acids is 1. The summed E-state index contributed by atoms with van der Waals surface area (Å²) < 4.78 is 133. The predicted octanol–water partition coefficient (Wildman–Crippen LogP) is 6.71. The molecule has 0 spiro atoms. The van der Waals surface area contributed by atoms with Crippen molar-refractivity contribution in [1.82, 2.24) is 39.4 Å². The van der Waals surface area contributed by atoms with Crippen LogP contribution in [0.5, 0.6) is 0 Å². The fourth-order valence-electron chi connectivity index (χ4n) is 8.48. The molecular formula is C41H31ClF7N9O5S. The van der Waals surface area contributed by atoms with Crippen molar-refractivity contribution in [2.75, 3.05) is 11.0 Å². The topological polar surface area (TPSA) is 179 Å². The van der Waals surface area contributed by atoms with E-state index in [0.717, 1.165) is 29.0 Å². The lowest BCUT2D eigenvalue weighted by atomic mass is 10.0. The highest BCUT2D eigenvalue weighted by Crippen LogP contribution is 2.68. The second-order valence-electron chi connectivity index (χ2n) is 15.6. The minimum absolute atomic E-state index is 0.0151. The molecule has 14 nitrogen and oxygen atoms in total. The Bertz CT molecular complexity index is 3270. The number of aromatic nitrogens is 7. The molecule has 2 unspecified atom stereocenters. The number of fused-ring (bicyclic) bond motifs is 5. The van der Waals surface area contributed by atoms with Crippen LogP contribution < -0.4 is 15.6 Å². The molecule has 3 atom stereocenters. The summed E-state index contributed by atoms with van der Waals surface area (Å²) in [4.78, 5) is 38.4. The van der Waals surface area contributed by atoms with E-state index in [1.54, 1.807) is 0 Å². The van der Waals surface area contributed by atoms with Crippen molar-refractivity contribution < 1.29 is 49.1 Å². The number of anilines is 1. The van der Waals surface area contributed by atoms with Crippen LogP contribution in [0.25, 0.3) is 38.9 Å². The molecule has 64 heavy (non-hydrogen) atoms. The SMILES string of the molecule is Cn1nc(NS(C)(=O)=O)c2c(Cl)ccc(-n3c([C@H](Cc4cc(F)cc(F)c4)NC(=O)Cn4nc(C(F)F)c5c4C(F)(F)C4CC54)nc4nc(-c5ccc(F)c(CO)c5)ccc4c3=O)c21. The number of sulfonamides is 1. The highest BCUT2D eigenvalue weighted by atomic mass is 35.5. The van der Waals surface area contributed by atoms with Crippen LogP contribution in [0.1, 0.15) is 58.7 Å². The molecule has 0 saturated heterocycles. The minimum Gasteiger partial charge on any atom is -0.392 e. The molecule has 0 bridgehead atoms. The number of benzene rings is 3. The Hall–Kier alpha value is -6.39. The largest absolute Gasteiger partial charge is 0.392 e. The zero-order chi connectivity index (χ0) is 45.7. The number of aliphatic hydroxyl groups excluding tert-OH is 1. The molecule has 0 aliphatic heterocycles. The van der Waals surface area contributed by atoms with Crippen molar-refractivity contribution in [2.45, 2.75) is 50.3 Å². The number of nitrogens with zero attached hydrogens (tertiary/aromatic N) is 7. The summed E-state index contributed by atoms with van der Waals surface area (Å²) in [7, 11) is -2.54. The molecule has 4 heterocycles. The van der Waals surface area contributed by atoms with Crippen LogP contribution in [0.3, 0.4) is 0 Å². The van der Waals surface area contributed by atoms with E-state index in [0.29, 0.717) is 16.3 Å². The fraction of sp³-hybridized carbons (Fsp3) is 0.268. The molecule has 0 radical (unpaired) electrons. The standard InChI is InChI=1S/C41H31ClF7N9O5S/c1-56-34-29(8-5-25(42)32(34)38(54-56)55-64(2,62)63)58-39(52-37-22(40(58)61)4-7-27(51-37)18-3-6-26(45)19(12-18)16-59)28(11-17-9-20(43)13-21(44)10-17)50-30(60)15-57-35-31(33(53-57)36(46)47)23-14-24(23)41(35,48)49/h3-10,12-13,23-24,28,36,59H,11,14-16H2,1-2H3,(H,50,60)(H,54,55)/t23?,24?,28-/m0/s1. The van der Waals surface area contributed by atoms with Gasteiger partial charge in [0.05, 0.1) is 51.6 Å². The molecule has 3 aromatic carbocycles. The Morgan fingerprint density at radius 3 is 2.44 bits per heavy atom. The second kappa shape index (κ2) is 15.4. The number of rotatable bonds is 12. The van der Waals surface area contributed by atoms with Gasteiger partial charge in [0.1, 0.15) is 41.2 Å². The Morgan fingerprint density at radius 1 is 1.02 bits per heavy atom. The van der Waals surface area contributed by atoms with Gasteiger partial charge >= 0.3 is 0 Å². The fourth-order valence-corrected chi connectivity index (χ4v) is 9.21. The first-order chi connectivity index (χ1) is 30.2. The van der Waals surface area contributed by atoms with Crippen LogP contribution in [-0.4, -0.2) is 59.8 Å². The highest BCUT2D eigenvalue weighted by molar-refractivity contribution is 7.92. The van der Waals surface area contributed by atoms with Gasteiger partial charge in [-0.25, -0.2) is 40.3 Å². The van der Waals surface area contributed by atoms with Crippen molar-refractivity contribution in [2.24, 2.45) is 13.0 Å². The van der Waals surface area contributed by atoms with E-state index in [2.05, 4.69) is 25.2 Å². The summed E-state index contributed by atoms with van der Waals surface area (Å²) in [6, 6.07) is 10.1. The Kier molecular flexibility index (Phi) is 10.3. The molecule has 332 valence electrons. The molecule has 23 heteroatoms. The van der Waals surface area contributed by atoms with Gasteiger partial charge in [0.25, 0.3) is 17.9 Å². The normalized spacial score (nSPS) is 16.9. The van der Waals surface area contributed by atoms with Crippen molar-refractivity contribution in [3.8, 4) is 16.9 Å². The first-order valence-electron chi connectivity index (χ1n) is 19.2. The van der Waals surface area contributed by atoms with Crippen molar-refractivity contribution in [1.29, 1.82) is 0 Å². The number of carbonyl (C=O) groups is 1. The number of aliphatic hydroxyl groups is 1. The van der Waals surface area contributed by atoms with Gasteiger partial charge in [0, 0.05) is 42.1 Å². The first kappa shape index (κ1) is 42.9. The lowest BCUT2D eigenvalue weighted by Crippen LogP contribution is -2.38. The Morgan fingerprint density at radius 2 is 1.75 bits per heavy atom.